The molecule has 53 heavy (non-hydrogen) atoms. The molecule has 24 heteroatoms. The predicted octanol–water partition coefficient (Wildman–Crippen LogP) is -1.50. The van der Waals surface area contributed by atoms with Crippen molar-refractivity contribution in [3.63, 3.8) is 0 Å². The number of hydrogen-bond acceptors (Lipinski definition) is 15. The fourth-order valence-corrected chi connectivity index (χ4v) is 7.62. The Bertz CT molecular complexity index is 1810. The van der Waals surface area contributed by atoms with Crippen molar-refractivity contribution in [2.75, 3.05) is 57.2 Å². The number of benzene rings is 1. The maximum absolute atomic E-state index is 13.8. The number of rotatable bonds is 15. The van der Waals surface area contributed by atoms with E-state index in [2.05, 4.69) is 36.8 Å². The zero-order chi connectivity index (χ0) is 38.4. The van der Waals surface area contributed by atoms with Gasteiger partial charge in [0.1, 0.15) is 35.8 Å². The molecule has 2 saturated heterocycles. The van der Waals surface area contributed by atoms with E-state index < -0.39 is 72.0 Å². The Morgan fingerprint density at radius 3 is 2.55 bits per heavy atom. The largest absolute Gasteiger partial charge is 0.480 e. The number of carbonyl (C=O) groups excluding carboxylic acids is 5. The van der Waals surface area contributed by atoms with Gasteiger partial charge in [0.25, 0.3) is 5.91 Å². The summed E-state index contributed by atoms with van der Waals surface area (Å²) < 4.78 is 6.40. The normalized spacial score (nSPS) is 19.2. The molecule has 1 aromatic carbocycles. The minimum atomic E-state index is -1.44. The van der Waals surface area contributed by atoms with Crippen LogP contribution in [0.25, 0.3) is 0 Å². The number of nitrogens with zero attached hydrogens (tertiary/aromatic N) is 7. The second kappa shape index (κ2) is 16.9. The van der Waals surface area contributed by atoms with Gasteiger partial charge in [-0.3, -0.25) is 24.6 Å². The third kappa shape index (κ3) is 9.13. The van der Waals surface area contributed by atoms with Crippen LogP contribution in [-0.2, 0) is 30.5 Å². The monoisotopic (exact) mass is 776 g/mol. The van der Waals surface area contributed by atoms with Crippen LogP contribution in [0.2, 0.25) is 0 Å². The molecule has 0 radical (unpaired) electrons. The maximum Gasteiger partial charge on any atom is 0.411 e. The number of aliphatic carboxylic acids is 2. The number of nitrogens with two attached hydrogens (primary N) is 1. The number of aromatic nitrogens is 4. The molecule has 3 aliphatic heterocycles. The molecule has 4 atom stereocenters. The Balaban J connectivity index is 1.28. The van der Waals surface area contributed by atoms with Gasteiger partial charge in [0.2, 0.25) is 11.1 Å². The standard InChI is InChI=1S/C29H36N12O10S2/c1-38(2)9-10-40-28(35-36-37-40)53-13-15-12-52-23-19(22(43)41(23)20(15)25(46)47)33-21(42)18(34-27(49)39-8-7-31-26(39)48)14-3-5-16(6-4-14)32-29(50)51-11-17(30)24(44)45/h3-6,17-19,23H,7-13,30H2,1-2H3,(H,31,48)(H,32,50)(H,33,42)(H,34,49)(H,44,45)(H,46,47)/t17-,18-,19-,23+/m1/s1. The summed E-state index contributed by atoms with van der Waals surface area (Å²) in [7, 11) is 3.82. The highest BCUT2D eigenvalue weighted by molar-refractivity contribution is 8.01. The molecule has 0 spiro atoms. The molecule has 4 heterocycles. The minimum absolute atomic E-state index is 0.0419. The summed E-state index contributed by atoms with van der Waals surface area (Å²) in [5.74, 6) is -3.74. The lowest BCUT2D eigenvalue weighted by Crippen LogP contribution is -2.71. The Morgan fingerprint density at radius 1 is 1.17 bits per heavy atom. The number of tetrazole rings is 1. The van der Waals surface area contributed by atoms with E-state index in [1.165, 1.54) is 47.8 Å². The first-order valence-corrected chi connectivity index (χ1v) is 17.9. The summed E-state index contributed by atoms with van der Waals surface area (Å²) in [6.45, 7) is 0.857. The van der Waals surface area contributed by atoms with Gasteiger partial charge in [0, 0.05) is 36.8 Å². The summed E-state index contributed by atoms with van der Waals surface area (Å²) in [4.78, 5) is 91.8. The number of carbonyl (C=O) groups is 7. The van der Waals surface area contributed by atoms with Crippen molar-refractivity contribution in [1.82, 2.24) is 50.9 Å². The smallest absolute Gasteiger partial charge is 0.411 e. The number of carboxylic acids is 2. The number of fused-ring (bicyclic) bond motifs is 1. The molecule has 0 aliphatic carbocycles. The minimum Gasteiger partial charge on any atom is -0.480 e. The first-order valence-electron chi connectivity index (χ1n) is 15.9. The number of likely N-dealkylation sites (N-methyl/N-ethyl adjacent to an activating group) is 1. The van der Waals surface area contributed by atoms with Crippen molar-refractivity contribution in [3.8, 4) is 0 Å². The van der Waals surface area contributed by atoms with Crippen molar-refractivity contribution in [3.05, 3.63) is 41.1 Å². The molecule has 2 fully saturated rings. The van der Waals surface area contributed by atoms with Crippen LogP contribution < -0.4 is 27.0 Å². The van der Waals surface area contributed by atoms with Crippen molar-refractivity contribution in [1.29, 1.82) is 0 Å². The number of nitrogens with one attached hydrogen (secondary N) is 4. The fourth-order valence-electron chi connectivity index (χ4n) is 5.23. The second-order valence-electron chi connectivity index (χ2n) is 12.0. The number of thioether (sulfide) groups is 2. The molecule has 7 amide bonds. The van der Waals surface area contributed by atoms with Crippen molar-refractivity contribution in [2.45, 2.75) is 35.2 Å². The number of anilines is 1. The number of β-lactam (4-membered cyclic amide) rings is 1. The molecule has 3 aliphatic rings. The molecule has 284 valence electrons. The van der Waals surface area contributed by atoms with E-state index in [0.29, 0.717) is 23.8 Å². The highest BCUT2D eigenvalue weighted by atomic mass is 32.2. The van der Waals surface area contributed by atoms with Crippen LogP contribution in [0.5, 0.6) is 0 Å². The number of ether oxygens (including phenoxy) is 1. The number of imide groups is 1. The lowest BCUT2D eigenvalue weighted by atomic mass is 10.0. The van der Waals surface area contributed by atoms with Gasteiger partial charge < -0.3 is 41.5 Å². The number of hydrogen-bond donors (Lipinski definition) is 7. The number of amides is 7. The van der Waals surface area contributed by atoms with E-state index in [4.69, 9.17) is 15.6 Å². The molecular formula is C29H36N12O10S2. The van der Waals surface area contributed by atoms with Crippen LogP contribution in [0.4, 0.5) is 20.1 Å². The van der Waals surface area contributed by atoms with Crippen LogP contribution in [0.15, 0.2) is 40.7 Å². The SMILES string of the molecule is CN(C)CCn1nnnc1SCC1=C(C(=O)O)N2C(=O)[C@@H](NC(=O)[C@H](NC(=O)N3CCNC3=O)c3ccc(NC(=O)OC[C@@H](N)C(=O)O)cc3)[C@@H]2SC1. The topological polar surface area (TPSA) is 297 Å². The molecule has 0 bridgehead atoms. The Kier molecular flexibility index (Phi) is 12.4. The van der Waals surface area contributed by atoms with E-state index in [1.54, 1.807) is 4.68 Å². The third-order valence-corrected chi connectivity index (χ3v) is 10.4. The third-order valence-electron chi connectivity index (χ3n) is 8.01. The van der Waals surface area contributed by atoms with Crippen molar-refractivity contribution < 1.29 is 48.5 Å². The highest BCUT2D eigenvalue weighted by Crippen LogP contribution is 2.41. The molecule has 0 unspecified atom stereocenters. The van der Waals surface area contributed by atoms with Gasteiger partial charge in [-0.15, -0.1) is 16.9 Å². The zero-order valence-corrected chi connectivity index (χ0v) is 29.9. The first kappa shape index (κ1) is 38.8. The van der Waals surface area contributed by atoms with Gasteiger partial charge in [0.05, 0.1) is 6.54 Å². The average molecular weight is 777 g/mol. The average Bonchev–Trinajstić information content (AvgIpc) is 3.77. The molecule has 1 aromatic heterocycles. The molecule has 8 N–H and O–H groups in total. The lowest BCUT2D eigenvalue weighted by Gasteiger charge is -2.49. The molecular weight excluding hydrogens is 741 g/mol. The Morgan fingerprint density at radius 2 is 1.91 bits per heavy atom. The number of carboxylic acid groups (broad SMARTS) is 2. The lowest BCUT2D eigenvalue weighted by molar-refractivity contribution is -0.151. The van der Waals surface area contributed by atoms with E-state index >= 15 is 0 Å². The summed E-state index contributed by atoms with van der Waals surface area (Å²) in [5, 5.41) is 40.4. The van der Waals surface area contributed by atoms with Gasteiger partial charge in [-0.25, -0.2) is 28.8 Å². The van der Waals surface area contributed by atoms with Crippen molar-refractivity contribution in [2.24, 2.45) is 5.73 Å². The van der Waals surface area contributed by atoms with E-state index in [9.17, 15) is 38.7 Å². The fraction of sp³-hybridized carbons (Fsp3) is 0.448. The summed E-state index contributed by atoms with van der Waals surface area (Å²) >= 11 is 2.49. The van der Waals surface area contributed by atoms with Crippen molar-refractivity contribution >= 4 is 71.1 Å². The molecule has 0 saturated carbocycles. The zero-order valence-electron chi connectivity index (χ0n) is 28.3. The van der Waals surface area contributed by atoms with Gasteiger partial charge >= 0.3 is 30.1 Å². The Hall–Kier alpha value is -5.46. The predicted molar refractivity (Wildman–Crippen MR) is 185 cm³/mol. The quantitative estimate of drug-likeness (QED) is 0.0800. The van der Waals surface area contributed by atoms with Gasteiger partial charge in [0.15, 0.2) is 0 Å². The molecule has 22 nitrogen and oxygen atoms in total. The highest BCUT2D eigenvalue weighted by Gasteiger charge is 2.54. The van der Waals surface area contributed by atoms with E-state index in [1.807, 2.05) is 19.0 Å². The van der Waals surface area contributed by atoms with E-state index in [-0.39, 0.29) is 41.5 Å². The maximum atomic E-state index is 13.8. The van der Waals surface area contributed by atoms with Gasteiger partial charge in [-0.05, 0) is 47.8 Å². The van der Waals surface area contributed by atoms with Gasteiger partial charge in [-0.1, -0.05) is 23.9 Å². The Labute approximate surface area is 309 Å². The van der Waals surface area contributed by atoms with Gasteiger partial charge in [-0.2, -0.15) is 0 Å². The summed E-state index contributed by atoms with van der Waals surface area (Å²) in [5.41, 5.74) is 5.99. The van der Waals surface area contributed by atoms with Crippen LogP contribution in [0.3, 0.4) is 0 Å². The van der Waals surface area contributed by atoms with Crippen LogP contribution in [-0.4, -0.2) is 156 Å². The summed E-state index contributed by atoms with van der Waals surface area (Å²) in [6, 6.07) is -0.0310. The van der Waals surface area contributed by atoms with Crippen LogP contribution in [0, 0.1) is 0 Å². The molecule has 2 aromatic rings. The van der Waals surface area contributed by atoms with Crippen LogP contribution in [0.1, 0.15) is 11.6 Å². The first-order chi connectivity index (χ1) is 25.2. The molecule has 5 rings (SSSR count). The van der Waals surface area contributed by atoms with E-state index in [0.717, 1.165) is 9.80 Å². The number of urea groups is 2. The second-order valence-corrected chi connectivity index (χ2v) is 14.0. The summed E-state index contributed by atoms with van der Waals surface area (Å²) in [6.07, 6.45) is -0.994. The van der Waals surface area contributed by atoms with Crippen LogP contribution >= 0.6 is 23.5 Å².